The Kier molecular flexibility index (Phi) is 8.70. The lowest BCUT2D eigenvalue weighted by Crippen LogP contribution is -2.34. The van der Waals surface area contributed by atoms with Gasteiger partial charge in [0.2, 0.25) is 0 Å². The van der Waals surface area contributed by atoms with Crippen molar-refractivity contribution in [1.29, 1.82) is 0 Å². The highest BCUT2D eigenvalue weighted by Crippen LogP contribution is 2.25. The van der Waals surface area contributed by atoms with Gasteiger partial charge in [-0.05, 0) is 72.9 Å². The van der Waals surface area contributed by atoms with Crippen molar-refractivity contribution in [3.8, 4) is 5.75 Å². The Morgan fingerprint density at radius 3 is 2.06 bits per heavy atom. The number of hydrogen-bond donors (Lipinski definition) is 3. The SMILES string of the molecule is O=C(NCCNC(=O)c1ccc2ccccc2c1)c1ccc(OC2CCC(OCCO)CC2)cc1. The van der Waals surface area contributed by atoms with Crippen LogP contribution in [0.3, 0.4) is 0 Å². The molecule has 0 saturated heterocycles. The number of aliphatic hydroxyl groups excluding tert-OH is 1. The minimum absolute atomic E-state index is 0.0519. The zero-order valence-corrected chi connectivity index (χ0v) is 19.7. The first kappa shape index (κ1) is 24.7. The number of fused-ring (bicyclic) bond motifs is 1. The van der Waals surface area contributed by atoms with Gasteiger partial charge in [-0.25, -0.2) is 0 Å². The van der Waals surface area contributed by atoms with Gasteiger partial charge in [-0.15, -0.1) is 0 Å². The van der Waals surface area contributed by atoms with Crippen molar-refractivity contribution in [3.63, 3.8) is 0 Å². The molecule has 0 radical (unpaired) electrons. The van der Waals surface area contributed by atoms with E-state index in [1.807, 2.05) is 48.5 Å². The lowest BCUT2D eigenvalue weighted by atomic mass is 9.95. The second kappa shape index (κ2) is 12.3. The minimum atomic E-state index is -0.196. The number of rotatable bonds is 10. The summed E-state index contributed by atoms with van der Waals surface area (Å²) in [5.74, 6) is 0.377. The number of amides is 2. The first-order chi connectivity index (χ1) is 17.1. The fourth-order valence-electron chi connectivity index (χ4n) is 4.30. The molecule has 1 saturated carbocycles. The molecule has 0 heterocycles. The predicted molar refractivity (Wildman–Crippen MR) is 135 cm³/mol. The molecule has 1 aliphatic rings. The van der Waals surface area contributed by atoms with E-state index in [2.05, 4.69) is 10.6 Å². The normalized spacial score (nSPS) is 17.6. The number of hydrogen-bond acceptors (Lipinski definition) is 5. The number of benzene rings is 3. The summed E-state index contributed by atoms with van der Waals surface area (Å²) >= 11 is 0. The van der Waals surface area contributed by atoms with Crippen LogP contribution < -0.4 is 15.4 Å². The summed E-state index contributed by atoms with van der Waals surface area (Å²) in [5.41, 5.74) is 1.14. The summed E-state index contributed by atoms with van der Waals surface area (Å²) in [6.07, 6.45) is 3.98. The Bertz CT molecular complexity index is 1120. The molecule has 0 bridgehead atoms. The molecule has 0 spiro atoms. The highest BCUT2D eigenvalue weighted by molar-refractivity contribution is 5.98. The summed E-state index contributed by atoms with van der Waals surface area (Å²) in [5, 5.41) is 16.6. The molecule has 0 aliphatic heterocycles. The lowest BCUT2D eigenvalue weighted by Gasteiger charge is -2.28. The molecular formula is C28H32N2O5. The van der Waals surface area contributed by atoms with Crippen molar-refractivity contribution in [2.45, 2.75) is 37.9 Å². The molecule has 184 valence electrons. The Morgan fingerprint density at radius 2 is 1.37 bits per heavy atom. The number of aliphatic hydroxyl groups is 1. The topological polar surface area (TPSA) is 96.9 Å². The van der Waals surface area contributed by atoms with Gasteiger partial charge in [0.1, 0.15) is 5.75 Å². The first-order valence-electron chi connectivity index (χ1n) is 12.2. The molecule has 7 nitrogen and oxygen atoms in total. The van der Waals surface area contributed by atoms with Gasteiger partial charge in [0.15, 0.2) is 0 Å². The van der Waals surface area contributed by atoms with Crippen LogP contribution in [0.2, 0.25) is 0 Å². The van der Waals surface area contributed by atoms with E-state index in [4.69, 9.17) is 14.6 Å². The van der Waals surface area contributed by atoms with Crippen molar-refractivity contribution in [2.75, 3.05) is 26.3 Å². The van der Waals surface area contributed by atoms with E-state index in [0.29, 0.717) is 30.8 Å². The van der Waals surface area contributed by atoms with Crippen LogP contribution >= 0.6 is 0 Å². The standard InChI is InChI=1S/C28H32N2O5/c31-17-18-34-24-11-13-26(14-12-24)35-25-9-7-21(8-10-25)27(32)29-15-16-30-28(33)23-6-5-20-3-1-2-4-22(20)19-23/h1-10,19,24,26,31H,11-18H2,(H,29,32)(H,30,33). The average molecular weight is 477 g/mol. The first-order valence-corrected chi connectivity index (χ1v) is 12.2. The van der Waals surface area contributed by atoms with E-state index in [-0.39, 0.29) is 30.6 Å². The van der Waals surface area contributed by atoms with E-state index < -0.39 is 0 Å². The number of carbonyl (C=O) groups excluding carboxylic acids is 2. The maximum atomic E-state index is 12.4. The highest BCUT2D eigenvalue weighted by Gasteiger charge is 2.22. The van der Waals surface area contributed by atoms with E-state index in [1.54, 1.807) is 18.2 Å². The van der Waals surface area contributed by atoms with Gasteiger partial charge < -0.3 is 25.2 Å². The van der Waals surface area contributed by atoms with E-state index in [0.717, 1.165) is 42.2 Å². The van der Waals surface area contributed by atoms with Crippen LogP contribution in [0, 0.1) is 0 Å². The van der Waals surface area contributed by atoms with Crippen LogP contribution in [0.5, 0.6) is 5.75 Å². The smallest absolute Gasteiger partial charge is 0.251 e. The average Bonchev–Trinajstić information content (AvgIpc) is 2.90. The van der Waals surface area contributed by atoms with Crippen molar-refractivity contribution in [2.24, 2.45) is 0 Å². The van der Waals surface area contributed by atoms with Crippen LogP contribution in [0.1, 0.15) is 46.4 Å². The Morgan fingerprint density at radius 1 is 0.771 bits per heavy atom. The van der Waals surface area contributed by atoms with Gasteiger partial charge in [-0.3, -0.25) is 9.59 Å². The van der Waals surface area contributed by atoms with Gasteiger partial charge in [0.05, 0.1) is 25.4 Å². The minimum Gasteiger partial charge on any atom is -0.490 e. The van der Waals surface area contributed by atoms with Crippen LogP contribution in [0.15, 0.2) is 66.7 Å². The van der Waals surface area contributed by atoms with Crippen LogP contribution in [0.4, 0.5) is 0 Å². The van der Waals surface area contributed by atoms with Crippen molar-refractivity contribution in [3.05, 3.63) is 77.9 Å². The predicted octanol–water partition coefficient (Wildman–Crippen LogP) is 3.70. The van der Waals surface area contributed by atoms with Gasteiger partial charge in [0.25, 0.3) is 11.8 Å². The maximum Gasteiger partial charge on any atom is 0.251 e. The zero-order valence-electron chi connectivity index (χ0n) is 19.7. The molecular weight excluding hydrogens is 444 g/mol. The van der Waals surface area contributed by atoms with Gasteiger partial charge in [0, 0.05) is 24.2 Å². The summed E-state index contributed by atoms with van der Waals surface area (Å²) in [7, 11) is 0. The summed E-state index contributed by atoms with van der Waals surface area (Å²) < 4.78 is 11.6. The fourth-order valence-corrected chi connectivity index (χ4v) is 4.30. The third-order valence-corrected chi connectivity index (χ3v) is 6.19. The number of nitrogens with one attached hydrogen (secondary N) is 2. The van der Waals surface area contributed by atoms with Crippen LogP contribution in [-0.4, -0.2) is 55.4 Å². The monoisotopic (exact) mass is 476 g/mol. The molecule has 4 rings (SSSR count). The highest BCUT2D eigenvalue weighted by atomic mass is 16.5. The van der Waals surface area contributed by atoms with E-state index >= 15 is 0 Å². The van der Waals surface area contributed by atoms with Crippen molar-refractivity contribution < 1.29 is 24.2 Å². The molecule has 3 aromatic rings. The summed E-state index contributed by atoms with van der Waals surface area (Å²) in [6.45, 7) is 1.11. The van der Waals surface area contributed by atoms with E-state index in [9.17, 15) is 9.59 Å². The largest absolute Gasteiger partial charge is 0.490 e. The number of ether oxygens (including phenoxy) is 2. The maximum absolute atomic E-state index is 12.4. The molecule has 0 aromatic heterocycles. The van der Waals surface area contributed by atoms with Crippen LogP contribution in [0.25, 0.3) is 10.8 Å². The molecule has 3 aromatic carbocycles. The third-order valence-electron chi connectivity index (χ3n) is 6.19. The molecule has 0 unspecified atom stereocenters. The number of carbonyl (C=O) groups is 2. The van der Waals surface area contributed by atoms with Crippen molar-refractivity contribution >= 4 is 22.6 Å². The van der Waals surface area contributed by atoms with Crippen molar-refractivity contribution in [1.82, 2.24) is 10.6 Å². The molecule has 35 heavy (non-hydrogen) atoms. The second-order valence-corrected chi connectivity index (χ2v) is 8.71. The molecule has 7 heteroatoms. The van der Waals surface area contributed by atoms with Crippen LogP contribution in [-0.2, 0) is 4.74 Å². The summed E-state index contributed by atoms with van der Waals surface area (Å²) in [4.78, 5) is 24.8. The summed E-state index contributed by atoms with van der Waals surface area (Å²) in [6, 6.07) is 20.6. The quantitative estimate of drug-likeness (QED) is 0.388. The molecule has 2 amide bonds. The third kappa shape index (κ3) is 7.04. The van der Waals surface area contributed by atoms with Gasteiger partial charge in [-0.1, -0.05) is 30.3 Å². The lowest BCUT2D eigenvalue weighted by molar-refractivity contribution is -0.0112. The molecule has 1 fully saturated rings. The zero-order chi connectivity index (χ0) is 24.5. The molecule has 3 N–H and O–H groups in total. The fraction of sp³-hybridized carbons (Fsp3) is 0.357. The molecule has 1 aliphatic carbocycles. The Hall–Kier alpha value is -3.42. The Balaban J connectivity index is 1.17. The Labute approximate surface area is 205 Å². The van der Waals surface area contributed by atoms with E-state index in [1.165, 1.54) is 0 Å². The molecule has 0 atom stereocenters. The van der Waals surface area contributed by atoms with Gasteiger partial charge in [-0.2, -0.15) is 0 Å². The van der Waals surface area contributed by atoms with Gasteiger partial charge >= 0.3 is 0 Å². The second-order valence-electron chi connectivity index (χ2n) is 8.71.